The molecule has 0 aliphatic carbocycles. The van der Waals surface area contributed by atoms with Crippen molar-refractivity contribution in [3.8, 4) is 28.8 Å². The lowest BCUT2D eigenvalue weighted by molar-refractivity contribution is -0.127. The second-order valence-electron chi connectivity index (χ2n) is 13.8. The van der Waals surface area contributed by atoms with E-state index in [0.29, 0.717) is 60.0 Å². The van der Waals surface area contributed by atoms with Gasteiger partial charge in [-0.2, -0.15) is 16.8 Å². The SMILES string of the molecule is C=CC(=O)N1CCC(Oc2cc3c(Nc4ccc(Oc5ccn(-c6ccc(C)nc6)n5)cc4F)ncnc3cc2OC)CC1.O=S(=O)(O)c1cccc2c(S(=O)(=O)O)cccc12. The van der Waals surface area contributed by atoms with E-state index in [1.54, 1.807) is 59.4 Å². The molecule has 8 rings (SSSR count). The number of benzene rings is 4. The van der Waals surface area contributed by atoms with Crippen molar-refractivity contribution in [2.45, 2.75) is 35.7 Å². The fraction of sp³-hybridized carbons (Fsp3) is 0.167. The van der Waals surface area contributed by atoms with Crippen LogP contribution in [0.1, 0.15) is 18.5 Å². The Balaban J connectivity index is 0.000000268. The van der Waals surface area contributed by atoms with Crippen LogP contribution in [-0.2, 0) is 25.0 Å². The van der Waals surface area contributed by atoms with Crippen LogP contribution in [0.3, 0.4) is 0 Å². The van der Waals surface area contributed by atoms with E-state index in [1.807, 2.05) is 19.1 Å². The van der Waals surface area contributed by atoms with E-state index in [1.165, 1.54) is 42.7 Å². The lowest BCUT2D eigenvalue weighted by Gasteiger charge is -2.31. The highest BCUT2D eigenvalue weighted by Gasteiger charge is 2.25. The molecule has 0 radical (unpaired) electrons. The van der Waals surface area contributed by atoms with Gasteiger partial charge in [0.15, 0.2) is 11.5 Å². The maximum Gasteiger partial charge on any atom is 0.295 e. The molecule has 1 saturated heterocycles. The number of amides is 1. The molecule has 320 valence electrons. The molecule has 17 nitrogen and oxygen atoms in total. The van der Waals surface area contributed by atoms with Gasteiger partial charge in [0, 0.05) is 72.2 Å². The minimum atomic E-state index is -4.47. The number of nitrogens with one attached hydrogen (secondary N) is 1. The van der Waals surface area contributed by atoms with Crippen LogP contribution in [0.2, 0.25) is 0 Å². The van der Waals surface area contributed by atoms with E-state index in [4.69, 9.17) is 23.3 Å². The van der Waals surface area contributed by atoms with E-state index in [-0.39, 0.29) is 34.2 Å². The number of hydrogen-bond donors (Lipinski definition) is 3. The number of carbonyl (C=O) groups is 1. The highest BCUT2D eigenvalue weighted by molar-refractivity contribution is 7.86. The molecule has 0 spiro atoms. The zero-order valence-electron chi connectivity index (χ0n) is 33.0. The number of fused-ring (bicyclic) bond motifs is 2. The highest BCUT2D eigenvalue weighted by Crippen LogP contribution is 2.37. The van der Waals surface area contributed by atoms with Gasteiger partial charge in [0.05, 0.1) is 30.2 Å². The number of likely N-dealkylation sites (tertiary alicyclic amines) is 1. The molecule has 4 heterocycles. The molecule has 0 unspecified atom stereocenters. The molecule has 3 aromatic heterocycles. The highest BCUT2D eigenvalue weighted by atomic mass is 32.2. The molecule has 0 atom stereocenters. The van der Waals surface area contributed by atoms with E-state index in [2.05, 4.69) is 31.9 Å². The Bertz CT molecular complexity index is 2960. The van der Waals surface area contributed by atoms with Crippen molar-refractivity contribution in [3.63, 3.8) is 0 Å². The first-order chi connectivity index (χ1) is 29.6. The molecule has 1 aliphatic rings. The number of pyridine rings is 1. The molecule has 1 aliphatic heterocycles. The van der Waals surface area contributed by atoms with Gasteiger partial charge < -0.3 is 24.4 Å². The topological polar surface area (TPSA) is 225 Å². The summed E-state index contributed by atoms with van der Waals surface area (Å²) >= 11 is 0. The second kappa shape index (κ2) is 17.9. The van der Waals surface area contributed by atoms with Crippen LogP contribution in [0, 0.1) is 12.7 Å². The normalized spacial score (nSPS) is 13.3. The molecule has 0 saturated carbocycles. The van der Waals surface area contributed by atoms with Crippen LogP contribution in [0.25, 0.3) is 27.4 Å². The quantitative estimate of drug-likeness (QED) is 0.0871. The largest absolute Gasteiger partial charge is 0.493 e. The number of hydrogen-bond acceptors (Lipinski definition) is 13. The van der Waals surface area contributed by atoms with Crippen LogP contribution in [0.4, 0.5) is 15.9 Å². The first kappa shape index (κ1) is 43.1. The standard InChI is InChI=1S/C32H30FN7O4.C10H8O6S2/c1-4-31(41)39-12-9-22(10-13-39)43-29-16-24-27(17-28(29)42-3)35-19-36-32(24)37-26-8-7-23(15-25(26)33)44-30-11-14-40(38-30)21-6-5-20(2)34-18-21;11-17(12,13)9-5-1-3-7-8(9)4-2-6-10(7)18(14,15)16/h4-8,11,14-19,22H,1,9-10,12-13H2,2-3H3,(H,35,36,37);1-6H,(H,11,12,13)(H,14,15,16). The summed E-state index contributed by atoms with van der Waals surface area (Å²) in [6, 6.07) is 21.0. The van der Waals surface area contributed by atoms with Gasteiger partial charge >= 0.3 is 0 Å². The van der Waals surface area contributed by atoms with Crippen molar-refractivity contribution in [3.05, 3.63) is 128 Å². The summed E-state index contributed by atoms with van der Waals surface area (Å²) in [7, 11) is -7.38. The second-order valence-corrected chi connectivity index (χ2v) is 16.6. The number of methoxy groups -OCH3 is 1. The summed E-state index contributed by atoms with van der Waals surface area (Å²) in [5.74, 6) is 1.39. The first-order valence-corrected chi connectivity index (χ1v) is 21.6. The fourth-order valence-corrected chi connectivity index (χ4v) is 8.04. The Morgan fingerprint density at radius 1 is 0.871 bits per heavy atom. The smallest absolute Gasteiger partial charge is 0.295 e. The van der Waals surface area contributed by atoms with Gasteiger partial charge in [-0.15, -0.1) is 5.10 Å². The zero-order chi connectivity index (χ0) is 44.2. The fourth-order valence-electron chi connectivity index (χ4n) is 6.63. The van der Waals surface area contributed by atoms with E-state index in [9.17, 15) is 21.6 Å². The van der Waals surface area contributed by atoms with Crippen LogP contribution < -0.4 is 19.5 Å². The van der Waals surface area contributed by atoms with Crippen LogP contribution >= 0.6 is 0 Å². The number of aromatic nitrogens is 5. The Hall–Kier alpha value is -7.00. The number of nitrogens with zero attached hydrogens (tertiary/aromatic N) is 6. The van der Waals surface area contributed by atoms with Crippen LogP contribution in [0.15, 0.2) is 126 Å². The summed E-state index contributed by atoms with van der Waals surface area (Å²) in [6.07, 6.45) is 7.40. The number of ether oxygens (including phenoxy) is 3. The number of rotatable bonds is 11. The van der Waals surface area contributed by atoms with E-state index < -0.39 is 35.8 Å². The van der Waals surface area contributed by atoms with Gasteiger partial charge in [0.25, 0.3) is 20.2 Å². The number of carbonyl (C=O) groups excluding carboxylic acids is 1. The third-order valence-corrected chi connectivity index (χ3v) is 11.5. The van der Waals surface area contributed by atoms with E-state index >= 15 is 4.39 Å². The summed E-state index contributed by atoms with van der Waals surface area (Å²) in [6.45, 7) is 6.62. The van der Waals surface area contributed by atoms with Crippen molar-refractivity contribution in [1.82, 2.24) is 29.6 Å². The molecule has 7 aromatic rings. The summed E-state index contributed by atoms with van der Waals surface area (Å²) in [5, 5.41) is 8.14. The maximum atomic E-state index is 15.3. The van der Waals surface area contributed by atoms with Gasteiger partial charge in [-0.1, -0.05) is 30.8 Å². The minimum Gasteiger partial charge on any atom is -0.493 e. The van der Waals surface area contributed by atoms with Crippen molar-refractivity contribution in [2.24, 2.45) is 0 Å². The average Bonchev–Trinajstić information content (AvgIpc) is 3.72. The lowest BCUT2D eigenvalue weighted by atomic mass is 10.1. The summed E-state index contributed by atoms with van der Waals surface area (Å²) in [5.41, 5.74) is 2.48. The summed E-state index contributed by atoms with van der Waals surface area (Å²) in [4.78, 5) is 25.9. The van der Waals surface area contributed by atoms with Gasteiger partial charge in [-0.05, 0) is 55.5 Å². The molecule has 1 amide bonds. The third kappa shape index (κ3) is 9.79. The monoisotopic (exact) mass is 883 g/mol. The van der Waals surface area contributed by atoms with E-state index in [0.717, 1.165) is 23.5 Å². The Morgan fingerprint density at radius 2 is 1.56 bits per heavy atom. The Kier molecular flexibility index (Phi) is 12.5. The Labute approximate surface area is 354 Å². The number of piperidine rings is 1. The first-order valence-electron chi connectivity index (χ1n) is 18.7. The molecule has 62 heavy (non-hydrogen) atoms. The molecule has 0 bridgehead atoms. The molecule has 1 fully saturated rings. The minimum absolute atomic E-state index is 0.0233. The average molecular weight is 884 g/mol. The Morgan fingerprint density at radius 3 is 2.16 bits per heavy atom. The van der Waals surface area contributed by atoms with Gasteiger partial charge in [0.1, 0.15) is 39.6 Å². The van der Waals surface area contributed by atoms with Crippen molar-refractivity contribution >= 4 is 59.3 Å². The zero-order valence-corrected chi connectivity index (χ0v) is 34.7. The van der Waals surface area contributed by atoms with Gasteiger partial charge in [-0.25, -0.2) is 19.0 Å². The number of aryl methyl sites for hydroxylation is 1. The summed E-state index contributed by atoms with van der Waals surface area (Å²) < 4.78 is 97.3. The molecular formula is C42H38FN7O10S2. The van der Waals surface area contributed by atoms with Crippen LogP contribution in [0.5, 0.6) is 23.1 Å². The van der Waals surface area contributed by atoms with Gasteiger partial charge in [-0.3, -0.25) is 18.9 Å². The lowest BCUT2D eigenvalue weighted by Crippen LogP contribution is -2.41. The number of halogens is 1. The molecule has 4 aromatic carbocycles. The van der Waals surface area contributed by atoms with Crippen LogP contribution in [-0.4, -0.2) is 87.8 Å². The van der Waals surface area contributed by atoms with Crippen molar-refractivity contribution < 1.29 is 49.3 Å². The molecule has 3 N–H and O–H groups in total. The van der Waals surface area contributed by atoms with Crippen molar-refractivity contribution in [2.75, 3.05) is 25.5 Å². The predicted octanol–water partition coefficient (Wildman–Crippen LogP) is 7.09. The number of anilines is 2. The maximum absolute atomic E-state index is 15.3. The molecular weight excluding hydrogens is 846 g/mol. The van der Waals surface area contributed by atoms with Gasteiger partial charge in [0.2, 0.25) is 11.8 Å². The molecule has 20 heteroatoms. The predicted molar refractivity (Wildman–Crippen MR) is 226 cm³/mol. The van der Waals surface area contributed by atoms with Crippen molar-refractivity contribution in [1.29, 1.82) is 0 Å². The third-order valence-electron chi connectivity index (χ3n) is 9.68.